The normalized spacial score (nSPS) is 31.4. The van der Waals surface area contributed by atoms with Crippen LogP contribution in [0.25, 0.3) is 0 Å². The molecule has 2 aromatic rings. The van der Waals surface area contributed by atoms with Gasteiger partial charge >= 0.3 is 0 Å². The summed E-state index contributed by atoms with van der Waals surface area (Å²) in [5, 5.41) is 23.0. The van der Waals surface area contributed by atoms with Crippen LogP contribution in [-0.2, 0) is 16.6 Å². The monoisotopic (exact) mass is 495 g/mol. The van der Waals surface area contributed by atoms with Gasteiger partial charge in [-0.05, 0) is 98.8 Å². The second-order valence-corrected chi connectivity index (χ2v) is 12.6. The molecule has 0 spiro atoms. The average Bonchev–Trinajstić information content (AvgIpc) is 3.56. The maximum absolute atomic E-state index is 13.4. The van der Waals surface area contributed by atoms with Crippen LogP contribution in [0.2, 0.25) is 0 Å². The fourth-order valence-electron chi connectivity index (χ4n) is 7.23. The summed E-state index contributed by atoms with van der Waals surface area (Å²) in [6.07, 6.45) is 6.07. The molecule has 35 heavy (non-hydrogen) atoms. The molecule has 2 aliphatic carbocycles. The summed E-state index contributed by atoms with van der Waals surface area (Å²) in [6.45, 7) is 7.41. The van der Waals surface area contributed by atoms with Crippen LogP contribution < -0.4 is 0 Å². The Labute approximate surface area is 212 Å². The zero-order valence-electron chi connectivity index (χ0n) is 20.9. The minimum atomic E-state index is -0.895. The first-order chi connectivity index (χ1) is 16.8. The maximum Gasteiger partial charge on any atom is 0.223 e. The molecule has 2 aliphatic heterocycles. The number of aromatic hydroxyl groups is 1. The predicted octanol–water partition coefficient (Wildman–Crippen LogP) is 3.98. The molecule has 1 aromatic heterocycles. The third kappa shape index (κ3) is 3.91. The van der Waals surface area contributed by atoms with Gasteiger partial charge in [0.2, 0.25) is 5.91 Å². The molecule has 4 unspecified atom stereocenters. The van der Waals surface area contributed by atoms with Crippen LogP contribution >= 0.6 is 11.5 Å². The van der Waals surface area contributed by atoms with E-state index in [1.807, 2.05) is 17.9 Å². The number of rotatable bonds is 5. The minimum absolute atomic E-state index is 0.0702. The molecule has 7 heteroatoms. The van der Waals surface area contributed by atoms with Crippen LogP contribution in [-0.4, -0.2) is 68.1 Å². The summed E-state index contributed by atoms with van der Waals surface area (Å²) in [4.78, 5) is 19.1. The molecule has 188 valence electrons. The van der Waals surface area contributed by atoms with Gasteiger partial charge in [-0.1, -0.05) is 13.0 Å². The van der Waals surface area contributed by atoms with Gasteiger partial charge in [0.1, 0.15) is 5.75 Å². The van der Waals surface area contributed by atoms with Crippen molar-refractivity contribution in [2.45, 2.75) is 81.8 Å². The van der Waals surface area contributed by atoms with Crippen LogP contribution in [0.4, 0.5) is 0 Å². The van der Waals surface area contributed by atoms with Crippen molar-refractivity contribution in [3.8, 4) is 5.75 Å². The first-order valence-electron chi connectivity index (χ1n) is 13.3. The Morgan fingerprint density at radius 2 is 1.97 bits per heavy atom. The second kappa shape index (κ2) is 8.56. The number of carbonyl (C=O) groups is 1. The summed E-state index contributed by atoms with van der Waals surface area (Å²) in [6, 6.07) is 7.90. The predicted molar refractivity (Wildman–Crippen MR) is 137 cm³/mol. The maximum atomic E-state index is 13.4. The molecular weight excluding hydrogens is 458 g/mol. The molecule has 1 saturated carbocycles. The number of piperidine rings is 1. The third-order valence-electron chi connectivity index (χ3n) is 9.41. The summed E-state index contributed by atoms with van der Waals surface area (Å²) in [5.41, 5.74) is 2.05. The van der Waals surface area contributed by atoms with E-state index in [9.17, 15) is 15.0 Å². The molecule has 4 aliphatic rings. The van der Waals surface area contributed by atoms with Crippen LogP contribution in [0.3, 0.4) is 0 Å². The molecule has 2 bridgehead atoms. The van der Waals surface area contributed by atoms with Crippen LogP contribution in [0.1, 0.15) is 73.1 Å². The molecule has 6 nitrogen and oxygen atoms in total. The highest BCUT2D eigenvalue weighted by atomic mass is 32.1. The van der Waals surface area contributed by atoms with E-state index in [1.54, 1.807) is 6.07 Å². The Morgan fingerprint density at radius 3 is 2.71 bits per heavy atom. The topological polar surface area (TPSA) is 76.9 Å². The van der Waals surface area contributed by atoms with E-state index in [-0.39, 0.29) is 23.6 Å². The SMILES string of the molecule is Cc1cc(C(C)CC(=O)N2CCC34CCN(CC5CC5)C(Cc5ccc(O)cc53)C4(O)CC2)ns1. The smallest absolute Gasteiger partial charge is 0.223 e. The molecule has 1 amide bonds. The van der Waals surface area contributed by atoms with E-state index < -0.39 is 11.0 Å². The van der Waals surface area contributed by atoms with Gasteiger partial charge in [-0.3, -0.25) is 9.69 Å². The van der Waals surface area contributed by atoms with Gasteiger partial charge in [0.25, 0.3) is 0 Å². The van der Waals surface area contributed by atoms with Crippen LogP contribution in [0, 0.1) is 12.8 Å². The average molecular weight is 496 g/mol. The summed E-state index contributed by atoms with van der Waals surface area (Å²) in [5.74, 6) is 1.28. The van der Waals surface area contributed by atoms with Gasteiger partial charge in [0.15, 0.2) is 0 Å². The highest BCUT2D eigenvalue weighted by Crippen LogP contribution is 2.56. The van der Waals surface area contributed by atoms with E-state index in [0.29, 0.717) is 25.9 Å². The van der Waals surface area contributed by atoms with Gasteiger partial charge in [-0.2, -0.15) is 4.37 Å². The van der Waals surface area contributed by atoms with Crippen LogP contribution in [0.15, 0.2) is 24.3 Å². The van der Waals surface area contributed by atoms with Crippen LogP contribution in [0.5, 0.6) is 5.75 Å². The zero-order chi connectivity index (χ0) is 24.4. The largest absolute Gasteiger partial charge is 0.508 e. The minimum Gasteiger partial charge on any atom is -0.508 e. The third-order valence-corrected chi connectivity index (χ3v) is 10.1. The Kier molecular flexibility index (Phi) is 5.73. The van der Waals surface area contributed by atoms with Gasteiger partial charge in [0, 0.05) is 48.3 Å². The molecule has 6 rings (SSSR count). The molecular formula is C28H37N3O3S. The molecule has 0 radical (unpaired) electrons. The highest BCUT2D eigenvalue weighted by molar-refractivity contribution is 7.05. The zero-order valence-corrected chi connectivity index (χ0v) is 21.7. The summed E-state index contributed by atoms with van der Waals surface area (Å²) >= 11 is 1.49. The number of aliphatic hydroxyl groups is 1. The molecule has 3 heterocycles. The molecule has 3 fully saturated rings. The quantitative estimate of drug-likeness (QED) is 0.656. The number of aromatic nitrogens is 1. The first kappa shape index (κ1) is 23.4. The number of nitrogens with zero attached hydrogens (tertiary/aromatic N) is 3. The number of phenols is 1. The number of likely N-dealkylation sites (tertiary alicyclic amines) is 2. The Balaban J connectivity index is 1.29. The van der Waals surface area contributed by atoms with E-state index in [4.69, 9.17) is 0 Å². The number of phenolic OH excluding ortho intramolecular Hbond substituents is 1. The van der Waals surface area contributed by atoms with Crippen molar-refractivity contribution in [1.82, 2.24) is 14.2 Å². The van der Waals surface area contributed by atoms with Crippen molar-refractivity contribution in [2.24, 2.45) is 5.92 Å². The van der Waals surface area contributed by atoms with Gasteiger partial charge in [-0.25, -0.2) is 0 Å². The number of amides is 1. The van der Waals surface area contributed by atoms with Crippen molar-refractivity contribution in [1.29, 1.82) is 0 Å². The molecule has 1 aromatic carbocycles. The number of fused-ring (bicyclic) bond motifs is 1. The lowest BCUT2D eigenvalue weighted by atomic mass is 9.52. The first-order valence-corrected chi connectivity index (χ1v) is 14.1. The second-order valence-electron chi connectivity index (χ2n) is 11.6. The van der Waals surface area contributed by atoms with E-state index in [1.165, 1.54) is 34.8 Å². The Morgan fingerprint density at radius 1 is 1.20 bits per heavy atom. The Hall–Kier alpha value is -1.96. The fourth-order valence-corrected chi connectivity index (χ4v) is 7.88. The lowest BCUT2D eigenvalue weighted by molar-refractivity contribution is -0.149. The van der Waals surface area contributed by atoms with Gasteiger partial charge in [-0.15, -0.1) is 0 Å². The Bertz CT molecular complexity index is 1130. The van der Waals surface area contributed by atoms with E-state index >= 15 is 0 Å². The van der Waals surface area contributed by atoms with E-state index in [2.05, 4.69) is 28.3 Å². The van der Waals surface area contributed by atoms with Gasteiger partial charge < -0.3 is 15.1 Å². The standard InChI is InChI=1S/C28H37N3O3S/c1-18(24-14-19(2)35-29-24)13-26(33)30-10-7-27-8-11-31(17-20-3-4-20)25(28(27,34)9-12-30)15-21-5-6-22(32)16-23(21)27/h5-6,14,16,18,20,25,32,34H,3-4,7-13,15,17H2,1-2H3. The number of hydrogen-bond acceptors (Lipinski definition) is 6. The van der Waals surface area contributed by atoms with Crippen molar-refractivity contribution < 1.29 is 15.0 Å². The fraction of sp³-hybridized carbons (Fsp3) is 0.643. The highest BCUT2D eigenvalue weighted by Gasteiger charge is 2.63. The molecule has 4 atom stereocenters. The number of benzene rings is 1. The lowest BCUT2D eigenvalue weighted by Gasteiger charge is -2.61. The summed E-state index contributed by atoms with van der Waals surface area (Å²) in [7, 11) is 0. The van der Waals surface area contributed by atoms with E-state index in [0.717, 1.165) is 49.5 Å². The number of carbonyl (C=O) groups excluding carboxylic acids is 1. The number of hydrogen-bond donors (Lipinski definition) is 2. The van der Waals surface area contributed by atoms with Gasteiger partial charge in [0.05, 0.1) is 11.3 Å². The lowest BCUT2D eigenvalue weighted by Crippen LogP contribution is -2.71. The number of aryl methyl sites for hydroxylation is 1. The summed E-state index contributed by atoms with van der Waals surface area (Å²) < 4.78 is 4.52. The molecule has 2 saturated heterocycles. The molecule has 2 N–H and O–H groups in total. The van der Waals surface area contributed by atoms with Crippen molar-refractivity contribution in [2.75, 3.05) is 26.2 Å². The van der Waals surface area contributed by atoms with Crippen molar-refractivity contribution >= 4 is 17.4 Å². The van der Waals surface area contributed by atoms with Crippen molar-refractivity contribution in [3.63, 3.8) is 0 Å². The van der Waals surface area contributed by atoms with Crippen molar-refractivity contribution in [3.05, 3.63) is 46.0 Å².